The van der Waals surface area contributed by atoms with E-state index in [1.54, 1.807) is 0 Å². The van der Waals surface area contributed by atoms with Crippen molar-refractivity contribution in [1.29, 1.82) is 0 Å². The van der Waals surface area contributed by atoms with Gasteiger partial charge in [-0.15, -0.1) is 0 Å². The number of nitrogens with zero attached hydrogens (tertiary/aromatic N) is 2. The summed E-state index contributed by atoms with van der Waals surface area (Å²) in [5.41, 5.74) is 22.1. The average molecular weight is 1010 g/mol. The molecule has 4 atom stereocenters. The van der Waals surface area contributed by atoms with E-state index in [9.17, 15) is 0 Å². The van der Waals surface area contributed by atoms with Crippen molar-refractivity contribution >= 4 is 11.4 Å². The summed E-state index contributed by atoms with van der Waals surface area (Å²) in [6.45, 7) is 41.1. The van der Waals surface area contributed by atoms with Crippen LogP contribution >= 0.6 is 0 Å². The van der Waals surface area contributed by atoms with Gasteiger partial charge in [0.2, 0.25) is 0 Å². The van der Waals surface area contributed by atoms with Gasteiger partial charge in [0.05, 0.1) is 11.4 Å². The van der Waals surface area contributed by atoms with Crippen LogP contribution in [0.5, 0.6) is 0 Å². The molecule has 67 heavy (non-hydrogen) atoms. The van der Waals surface area contributed by atoms with Crippen molar-refractivity contribution in [2.24, 2.45) is 0 Å². The fourth-order valence-electron chi connectivity index (χ4n) is 9.42. The third kappa shape index (κ3) is 12.0. The summed E-state index contributed by atoms with van der Waals surface area (Å²) in [6.07, 6.45) is 0. The fourth-order valence-corrected chi connectivity index (χ4v) is 9.42. The fraction of sp³-hybridized carbons (Fsp3) is 0.429. The van der Waals surface area contributed by atoms with Crippen LogP contribution in [0.25, 0.3) is 44.5 Å². The van der Waals surface area contributed by atoms with Crippen LogP contribution in [0.3, 0.4) is 0 Å². The standard InChI is InChI=1S/2C31H39N.CH3.ClH.Pd/c2*1-20-18-27(23-10-14-25(15-11-23)30(4,5)6)29(32-21(2)22(32)3)28(19-20)24-12-16-26(17-13-24)31(7,8)9;;;/h2*10-19,21-22H,1-9H3;1H3;1H;/q;;;;+1/p-1. The molecule has 0 aliphatic carbocycles. The Hall–Kier alpha value is -4.13. The predicted molar refractivity (Wildman–Crippen MR) is 288 cm³/mol. The summed E-state index contributed by atoms with van der Waals surface area (Å²) in [5, 5.41) is 1.85. The SMILES string of the molecule is Cc1cc(-c2ccc(C(C)(C)C)cc2)c(N2C(C)C2C)c(-c2ccc(C(C)(C)C)cc2)c1.Cc1cc(-c2ccc(C(C)(C)C)cc2)c(N2C(C)C2C)c(-c2ccc(C(C)(C)C)cc2)c1.[CH3][Pd+].[Cl-]. The third-order valence-electron chi connectivity index (χ3n) is 14.2. The molecule has 360 valence electrons. The first-order valence-electron chi connectivity index (χ1n) is 24.4. The van der Waals surface area contributed by atoms with Crippen LogP contribution < -0.4 is 22.2 Å². The van der Waals surface area contributed by atoms with Gasteiger partial charge in [-0.2, -0.15) is 0 Å². The van der Waals surface area contributed by atoms with Crippen molar-refractivity contribution in [1.82, 2.24) is 0 Å². The van der Waals surface area contributed by atoms with E-state index in [1.807, 2.05) is 5.40 Å². The smallest absolute Gasteiger partial charge is 1.00 e. The predicted octanol–water partition coefficient (Wildman–Crippen LogP) is 14.6. The third-order valence-corrected chi connectivity index (χ3v) is 14.2. The van der Waals surface area contributed by atoms with E-state index in [1.165, 1.54) is 89.3 Å². The van der Waals surface area contributed by atoms with Gasteiger partial charge >= 0.3 is 24.6 Å². The number of anilines is 2. The summed E-state index contributed by atoms with van der Waals surface area (Å²) in [6, 6.07) is 48.6. The van der Waals surface area contributed by atoms with E-state index in [0.717, 1.165) is 0 Å². The van der Waals surface area contributed by atoms with E-state index >= 15 is 0 Å². The van der Waals surface area contributed by atoms with E-state index in [-0.39, 0.29) is 34.1 Å². The molecule has 4 unspecified atom stereocenters. The molecule has 2 aliphatic rings. The van der Waals surface area contributed by atoms with Gasteiger partial charge in [-0.25, -0.2) is 0 Å². The first-order valence-corrected chi connectivity index (χ1v) is 25.9. The quantitative estimate of drug-likeness (QED) is 0.121. The number of aryl methyl sites for hydroxylation is 2. The van der Waals surface area contributed by atoms with Gasteiger partial charge in [0.25, 0.3) is 0 Å². The Morgan fingerprint density at radius 1 is 0.328 bits per heavy atom. The molecule has 2 nitrogen and oxygen atoms in total. The Morgan fingerprint density at radius 2 is 0.493 bits per heavy atom. The molecule has 0 amide bonds. The van der Waals surface area contributed by atoms with Crippen molar-refractivity contribution in [3.8, 4) is 44.5 Å². The molecule has 2 saturated heterocycles. The zero-order valence-corrected chi connectivity index (χ0v) is 46.8. The van der Waals surface area contributed by atoms with Crippen LogP contribution in [0, 0.1) is 13.8 Å². The molecule has 0 bridgehead atoms. The average Bonchev–Trinajstić information content (AvgIpc) is 4.08. The summed E-state index contributed by atoms with van der Waals surface area (Å²) in [5.74, 6) is 0. The maximum absolute atomic E-state index is 2.75. The number of rotatable bonds is 6. The molecule has 4 heteroatoms. The molecule has 2 aliphatic heterocycles. The molecule has 0 aromatic heterocycles. The largest absolute Gasteiger partial charge is 1.00 e. The number of hydrogen-bond donors (Lipinski definition) is 0. The molecule has 6 aromatic rings. The molecule has 2 fully saturated rings. The van der Waals surface area contributed by atoms with Gasteiger partial charge in [0, 0.05) is 46.4 Å². The number of benzene rings is 6. The molecule has 0 saturated carbocycles. The minimum atomic E-state index is 0. The van der Waals surface area contributed by atoms with Gasteiger partial charge in [0.15, 0.2) is 0 Å². The topological polar surface area (TPSA) is 6.02 Å². The summed E-state index contributed by atoms with van der Waals surface area (Å²) in [7, 11) is 0. The zero-order chi connectivity index (χ0) is 48.8. The van der Waals surface area contributed by atoms with Crippen LogP contribution in [-0.2, 0) is 40.9 Å². The van der Waals surface area contributed by atoms with Gasteiger partial charge in [0.1, 0.15) is 0 Å². The van der Waals surface area contributed by atoms with Crippen molar-refractivity contribution in [2.75, 3.05) is 9.80 Å². The van der Waals surface area contributed by atoms with Crippen molar-refractivity contribution in [3.63, 3.8) is 0 Å². The number of halogens is 1. The first kappa shape index (κ1) is 53.8. The van der Waals surface area contributed by atoms with Crippen LogP contribution in [0.15, 0.2) is 121 Å². The Balaban J connectivity index is 0.000000238. The van der Waals surface area contributed by atoms with E-state index in [2.05, 4.69) is 275 Å². The summed E-state index contributed by atoms with van der Waals surface area (Å²) < 4.78 is 0. The molecule has 0 radical (unpaired) electrons. The Kier molecular flexibility index (Phi) is 16.4. The van der Waals surface area contributed by atoms with E-state index < -0.39 is 0 Å². The van der Waals surface area contributed by atoms with Crippen molar-refractivity contribution in [3.05, 3.63) is 155 Å². The Labute approximate surface area is 425 Å². The van der Waals surface area contributed by atoms with Gasteiger partial charge in [-0.1, -0.05) is 180 Å². The maximum atomic E-state index is 2.75. The Morgan fingerprint density at radius 3 is 0.627 bits per heavy atom. The monoisotopic (exact) mass is 1010 g/mol. The molecule has 0 spiro atoms. The second-order valence-corrected chi connectivity index (χ2v) is 23.5. The number of hydrogen-bond acceptors (Lipinski definition) is 2. The molecule has 0 N–H and O–H groups in total. The van der Waals surface area contributed by atoms with Gasteiger partial charge in [-0.3, -0.25) is 0 Å². The minimum absolute atomic E-state index is 0. The minimum Gasteiger partial charge on any atom is -1.00 e. The van der Waals surface area contributed by atoms with E-state index in [4.69, 9.17) is 0 Å². The first-order chi connectivity index (χ1) is 30.8. The van der Waals surface area contributed by atoms with Crippen LogP contribution in [-0.4, -0.2) is 24.2 Å². The summed E-state index contributed by atoms with van der Waals surface area (Å²) in [4.78, 5) is 5.17. The van der Waals surface area contributed by atoms with E-state index in [0.29, 0.717) is 24.2 Å². The van der Waals surface area contributed by atoms with Crippen molar-refractivity contribution in [2.45, 2.75) is 176 Å². The molecule has 6 aromatic carbocycles. The summed E-state index contributed by atoms with van der Waals surface area (Å²) >= 11 is 2.75. The second kappa shape index (κ2) is 20.5. The molecule has 8 rings (SSSR count). The maximum Gasteiger partial charge on any atom is -1.00 e. The second-order valence-electron chi connectivity index (χ2n) is 23.5. The van der Waals surface area contributed by atoms with Gasteiger partial charge in [-0.05, 0) is 143 Å². The molecular weight excluding hydrogens is 927 g/mol. The Bertz CT molecular complexity index is 2240. The van der Waals surface area contributed by atoms with Gasteiger partial charge < -0.3 is 22.2 Å². The van der Waals surface area contributed by atoms with Crippen LogP contribution in [0.1, 0.15) is 144 Å². The van der Waals surface area contributed by atoms with Crippen LogP contribution in [0.2, 0.25) is 5.40 Å². The zero-order valence-electron chi connectivity index (χ0n) is 44.4. The molecular formula is C63H81ClN2Pd. The normalized spacial score (nSPS) is 18.0. The molecule has 2 heterocycles. The van der Waals surface area contributed by atoms with Crippen LogP contribution in [0.4, 0.5) is 11.4 Å². The van der Waals surface area contributed by atoms with Crippen molar-refractivity contribution < 1.29 is 31.6 Å².